The Morgan fingerprint density at radius 3 is 2.70 bits per heavy atom. The van der Waals surface area contributed by atoms with Gasteiger partial charge in [-0.2, -0.15) is 0 Å². The van der Waals surface area contributed by atoms with E-state index < -0.39 is 0 Å². The molecule has 1 aromatic rings. The fourth-order valence-electron chi connectivity index (χ4n) is 2.73. The maximum atomic E-state index is 13.4. The maximum absolute atomic E-state index is 13.4. The highest BCUT2D eigenvalue weighted by Gasteiger charge is 2.32. The minimum atomic E-state index is -0.387. The van der Waals surface area contributed by atoms with Gasteiger partial charge in [0.05, 0.1) is 0 Å². The van der Waals surface area contributed by atoms with Crippen LogP contribution in [-0.4, -0.2) is 24.1 Å². The van der Waals surface area contributed by atoms with Crippen LogP contribution in [0.25, 0.3) is 0 Å². The van der Waals surface area contributed by atoms with Gasteiger partial charge in [0.15, 0.2) is 5.84 Å². The van der Waals surface area contributed by atoms with E-state index in [9.17, 15) is 4.39 Å². The number of oxime groups is 1. The Labute approximate surface area is 119 Å². The Morgan fingerprint density at radius 1 is 1.45 bits per heavy atom. The van der Waals surface area contributed by atoms with E-state index in [4.69, 9.17) is 10.9 Å². The zero-order chi connectivity index (χ0) is 14.9. The zero-order valence-electron chi connectivity index (χ0n) is 12.2. The number of nitrogens with two attached hydrogens (primary N) is 1. The van der Waals surface area contributed by atoms with E-state index in [2.05, 4.69) is 30.8 Å². The highest BCUT2D eigenvalue weighted by Crippen LogP contribution is 2.36. The summed E-state index contributed by atoms with van der Waals surface area (Å²) in [6.07, 6.45) is 1.09. The second kappa shape index (κ2) is 5.31. The fourth-order valence-corrected chi connectivity index (χ4v) is 2.73. The van der Waals surface area contributed by atoms with E-state index >= 15 is 0 Å². The molecule has 110 valence electrons. The first kappa shape index (κ1) is 14.6. The smallest absolute Gasteiger partial charge is 0.172 e. The van der Waals surface area contributed by atoms with Crippen molar-refractivity contribution in [2.24, 2.45) is 22.2 Å². The molecule has 3 N–H and O–H groups in total. The summed E-state index contributed by atoms with van der Waals surface area (Å²) in [5.41, 5.74) is 7.17. The number of hydrogen-bond acceptors (Lipinski definition) is 3. The summed E-state index contributed by atoms with van der Waals surface area (Å²) in [6.45, 7) is 8.50. The van der Waals surface area contributed by atoms with Crippen LogP contribution >= 0.6 is 0 Å². The lowest BCUT2D eigenvalue weighted by atomic mass is 9.80. The van der Waals surface area contributed by atoms with E-state index in [1.165, 1.54) is 12.1 Å². The zero-order valence-corrected chi connectivity index (χ0v) is 12.2. The molecule has 4 nitrogen and oxygen atoms in total. The molecule has 1 aliphatic heterocycles. The van der Waals surface area contributed by atoms with Gasteiger partial charge in [-0.1, -0.05) is 25.9 Å². The van der Waals surface area contributed by atoms with Crippen LogP contribution in [0.4, 0.5) is 10.1 Å². The second-order valence-electron chi connectivity index (χ2n) is 6.44. The predicted octanol–water partition coefficient (Wildman–Crippen LogP) is 2.79. The number of rotatable bonds is 2. The van der Waals surface area contributed by atoms with Crippen LogP contribution in [0.5, 0.6) is 0 Å². The van der Waals surface area contributed by atoms with Gasteiger partial charge in [-0.25, -0.2) is 4.39 Å². The van der Waals surface area contributed by atoms with Gasteiger partial charge in [0, 0.05) is 24.3 Å². The average Bonchev–Trinajstić information content (AvgIpc) is 2.87. The summed E-state index contributed by atoms with van der Waals surface area (Å²) >= 11 is 0. The Hall–Kier alpha value is -1.78. The number of nitrogens with zero attached hydrogens (tertiary/aromatic N) is 2. The molecule has 1 atom stereocenters. The minimum Gasteiger partial charge on any atom is -0.409 e. The first-order valence-corrected chi connectivity index (χ1v) is 6.85. The molecule has 0 saturated carbocycles. The van der Waals surface area contributed by atoms with Gasteiger partial charge in [0.1, 0.15) is 5.82 Å². The number of halogens is 1. The Balaban J connectivity index is 2.31. The van der Waals surface area contributed by atoms with E-state index in [1.807, 2.05) is 0 Å². The van der Waals surface area contributed by atoms with Crippen LogP contribution in [0.1, 0.15) is 32.8 Å². The monoisotopic (exact) mass is 279 g/mol. The van der Waals surface area contributed by atoms with E-state index in [0.29, 0.717) is 11.5 Å². The second-order valence-corrected chi connectivity index (χ2v) is 6.44. The molecule has 0 amide bonds. The molecule has 0 bridgehead atoms. The topological polar surface area (TPSA) is 61.8 Å². The molecule has 5 heteroatoms. The number of amidine groups is 1. The first-order valence-electron chi connectivity index (χ1n) is 6.85. The molecule has 1 aromatic carbocycles. The van der Waals surface area contributed by atoms with Crippen molar-refractivity contribution < 1.29 is 9.60 Å². The Kier molecular flexibility index (Phi) is 3.88. The van der Waals surface area contributed by atoms with Crippen LogP contribution < -0.4 is 10.6 Å². The van der Waals surface area contributed by atoms with Crippen molar-refractivity contribution in [3.63, 3.8) is 0 Å². The Morgan fingerprint density at radius 2 is 2.15 bits per heavy atom. The van der Waals surface area contributed by atoms with Crippen molar-refractivity contribution in [2.45, 2.75) is 27.2 Å². The van der Waals surface area contributed by atoms with Crippen molar-refractivity contribution in [3.8, 4) is 0 Å². The van der Waals surface area contributed by atoms with Crippen molar-refractivity contribution in [3.05, 3.63) is 29.6 Å². The summed E-state index contributed by atoms with van der Waals surface area (Å²) in [5.74, 6) is 0.133. The molecule has 0 radical (unpaired) electrons. The van der Waals surface area contributed by atoms with Crippen molar-refractivity contribution >= 4 is 11.5 Å². The summed E-state index contributed by atoms with van der Waals surface area (Å²) in [5, 5.41) is 11.9. The number of hydrogen-bond donors (Lipinski definition) is 2. The normalized spacial score (nSPS) is 20.5. The molecule has 1 saturated heterocycles. The summed E-state index contributed by atoms with van der Waals surface area (Å²) in [7, 11) is 0. The summed E-state index contributed by atoms with van der Waals surface area (Å²) in [6, 6.07) is 4.43. The molecular weight excluding hydrogens is 257 g/mol. The molecule has 0 spiro atoms. The van der Waals surface area contributed by atoms with E-state index in [1.54, 1.807) is 6.07 Å². The van der Waals surface area contributed by atoms with Gasteiger partial charge in [-0.3, -0.25) is 0 Å². The minimum absolute atomic E-state index is 0.0568. The van der Waals surface area contributed by atoms with Gasteiger partial charge in [-0.15, -0.1) is 0 Å². The molecule has 1 heterocycles. The third kappa shape index (κ3) is 2.86. The van der Waals surface area contributed by atoms with Gasteiger partial charge in [-0.05, 0) is 36.0 Å². The van der Waals surface area contributed by atoms with Crippen LogP contribution in [0.15, 0.2) is 23.4 Å². The molecule has 1 unspecified atom stereocenters. The Bertz CT molecular complexity index is 522. The average molecular weight is 279 g/mol. The lowest BCUT2D eigenvalue weighted by molar-refractivity contribution is 0.263. The quantitative estimate of drug-likeness (QED) is 0.379. The highest BCUT2D eigenvalue weighted by atomic mass is 19.1. The largest absolute Gasteiger partial charge is 0.409 e. The van der Waals surface area contributed by atoms with Gasteiger partial charge in [0.25, 0.3) is 0 Å². The summed E-state index contributed by atoms with van der Waals surface area (Å²) in [4.78, 5) is 2.18. The van der Waals surface area contributed by atoms with Gasteiger partial charge < -0.3 is 15.8 Å². The van der Waals surface area contributed by atoms with Crippen LogP contribution in [0, 0.1) is 17.2 Å². The molecule has 0 aromatic heterocycles. The van der Waals surface area contributed by atoms with Crippen LogP contribution in [0.2, 0.25) is 0 Å². The van der Waals surface area contributed by atoms with E-state index in [-0.39, 0.29) is 17.1 Å². The van der Waals surface area contributed by atoms with Crippen molar-refractivity contribution in [1.82, 2.24) is 0 Å². The fraction of sp³-hybridized carbons (Fsp3) is 0.533. The standard InChI is InChI=1S/C15H22FN3O/c1-15(2,3)10-6-7-19(9-10)13-5-4-11(16)8-12(13)14(17)18-20/h4-5,8,10,20H,6-7,9H2,1-3H3,(H2,17,18). The third-order valence-electron chi connectivity index (χ3n) is 4.10. The summed E-state index contributed by atoms with van der Waals surface area (Å²) < 4.78 is 13.4. The molecule has 0 aliphatic carbocycles. The molecular formula is C15H22FN3O. The van der Waals surface area contributed by atoms with Crippen molar-refractivity contribution in [1.29, 1.82) is 0 Å². The lowest BCUT2D eigenvalue weighted by Crippen LogP contribution is -2.28. The van der Waals surface area contributed by atoms with E-state index in [0.717, 1.165) is 25.2 Å². The van der Waals surface area contributed by atoms with Gasteiger partial charge in [0.2, 0.25) is 0 Å². The predicted molar refractivity (Wildman–Crippen MR) is 78.7 cm³/mol. The molecule has 20 heavy (non-hydrogen) atoms. The van der Waals surface area contributed by atoms with Crippen molar-refractivity contribution in [2.75, 3.05) is 18.0 Å². The highest BCUT2D eigenvalue weighted by molar-refractivity contribution is 6.02. The molecule has 1 fully saturated rings. The third-order valence-corrected chi connectivity index (χ3v) is 4.10. The molecule has 2 rings (SSSR count). The number of anilines is 1. The lowest BCUT2D eigenvalue weighted by Gasteiger charge is -2.28. The maximum Gasteiger partial charge on any atom is 0.172 e. The van der Waals surface area contributed by atoms with Gasteiger partial charge >= 0.3 is 0 Å². The van der Waals surface area contributed by atoms with Crippen LogP contribution in [0.3, 0.4) is 0 Å². The SMILES string of the molecule is CC(C)(C)C1CCN(c2ccc(F)cc2/C(N)=N/O)C1. The number of benzene rings is 1. The van der Waals surface area contributed by atoms with Crippen LogP contribution in [-0.2, 0) is 0 Å². The molecule has 1 aliphatic rings. The first-order chi connectivity index (χ1) is 9.32.